The molecule has 0 saturated carbocycles. The molecule has 1 atom stereocenters. The van der Waals surface area contributed by atoms with Crippen molar-refractivity contribution in [3.8, 4) is 0 Å². The van der Waals surface area contributed by atoms with E-state index in [0.717, 1.165) is 36.5 Å². The molecule has 0 aliphatic carbocycles. The summed E-state index contributed by atoms with van der Waals surface area (Å²) in [4.78, 5) is 15.2. The zero-order valence-electron chi connectivity index (χ0n) is 10.7. The van der Waals surface area contributed by atoms with E-state index in [4.69, 9.17) is 0 Å². The summed E-state index contributed by atoms with van der Waals surface area (Å²) in [6, 6.07) is 5.86. The number of hydrogen-bond donors (Lipinski definition) is 1. The summed E-state index contributed by atoms with van der Waals surface area (Å²) < 4.78 is 0. The molecule has 3 heterocycles. The minimum atomic E-state index is 0.185. The molecule has 5 heteroatoms. The first-order valence-electron chi connectivity index (χ1n) is 6.64. The van der Waals surface area contributed by atoms with E-state index >= 15 is 0 Å². The van der Waals surface area contributed by atoms with Gasteiger partial charge in [-0.15, -0.1) is 11.3 Å². The lowest BCUT2D eigenvalue weighted by Gasteiger charge is -2.32. The monoisotopic (exact) mass is 275 g/mol. The van der Waals surface area contributed by atoms with Crippen LogP contribution < -0.4 is 0 Å². The Morgan fingerprint density at radius 1 is 1.53 bits per heavy atom. The fourth-order valence-corrected chi connectivity index (χ4v) is 3.37. The number of likely N-dealkylation sites (tertiary alicyclic amines) is 1. The van der Waals surface area contributed by atoms with Gasteiger partial charge in [0.05, 0.1) is 4.88 Å². The maximum absolute atomic E-state index is 12.3. The van der Waals surface area contributed by atoms with Crippen LogP contribution in [0.1, 0.15) is 28.2 Å². The van der Waals surface area contributed by atoms with Crippen LogP contribution in [0.25, 0.3) is 0 Å². The number of rotatable bonds is 3. The van der Waals surface area contributed by atoms with Crippen LogP contribution >= 0.6 is 11.3 Å². The SMILES string of the molecule is O=C(c1cccs1)N1CCCC(Cc2ccn[nH]2)C1. The Labute approximate surface area is 116 Å². The molecule has 100 valence electrons. The van der Waals surface area contributed by atoms with Gasteiger partial charge in [0.15, 0.2) is 0 Å². The highest BCUT2D eigenvalue weighted by molar-refractivity contribution is 7.12. The van der Waals surface area contributed by atoms with Gasteiger partial charge in [0.2, 0.25) is 0 Å². The number of nitrogens with zero attached hydrogens (tertiary/aromatic N) is 2. The van der Waals surface area contributed by atoms with Gasteiger partial charge in [-0.2, -0.15) is 5.10 Å². The minimum absolute atomic E-state index is 0.185. The van der Waals surface area contributed by atoms with E-state index in [9.17, 15) is 4.79 Å². The van der Waals surface area contributed by atoms with E-state index in [1.165, 1.54) is 17.8 Å². The Morgan fingerprint density at radius 3 is 3.21 bits per heavy atom. The standard InChI is InChI=1S/C14H17N3OS/c18-14(13-4-2-8-19-13)17-7-1-3-11(10-17)9-12-5-6-15-16-12/h2,4-6,8,11H,1,3,7,9-10H2,(H,15,16). The molecule has 0 aromatic carbocycles. The van der Waals surface area contributed by atoms with Crippen molar-refractivity contribution in [2.24, 2.45) is 5.92 Å². The van der Waals surface area contributed by atoms with Crippen molar-refractivity contribution < 1.29 is 4.79 Å². The molecule has 1 fully saturated rings. The summed E-state index contributed by atoms with van der Waals surface area (Å²) in [5, 5.41) is 8.94. The van der Waals surface area contributed by atoms with Crippen LogP contribution in [0, 0.1) is 5.92 Å². The van der Waals surface area contributed by atoms with Crippen molar-refractivity contribution in [2.75, 3.05) is 13.1 Å². The Morgan fingerprint density at radius 2 is 2.47 bits per heavy atom. The number of H-pyrrole nitrogens is 1. The molecule has 3 rings (SSSR count). The molecule has 19 heavy (non-hydrogen) atoms. The van der Waals surface area contributed by atoms with Gasteiger partial charge in [-0.1, -0.05) is 6.07 Å². The fourth-order valence-electron chi connectivity index (χ4n) is 2.68. The lowest BCUT2D eigenvalue weighted by atomic mass is 9.93. The number of amides is 1. The molecule has 0 spiro atoms. The average Bonchev–Trinajstić information content (AvgIpc) is 3.11. The molecule has 0 bridgehead atoms. The Kier molecular flexibility index (Phi) is 3.64. The van der Waals surface area contributed by atoms with E-state index in [1.54, 1.807) is 6.20 Å². The van der Waals surface area contributed by atoms with E-state index in [1.807, 2.05) is 28.5 Å². The van der Waals surface area contributed by atoms with Crippen LogP contribution in [0.15, 0.2) is 29.8 Å². The van der Waals surface area contributed by atoms with Gasteiger partial charge in [0, 0.05) is 25.0 Å². The molecule has 1 aliphatic heterocycles. The van der Waals surface area contributed by atoms with E-state index in [2.05, 4.69) is 10.2 Å². The van der Waals surface area contributed by atoms with E-state index < -0.39 is 0 Å². The minimum Gasteiger partial charge on any atom is -0.338 e. The van der Waals surface area contributed by atoms with Crippen LogP contribution in [0.4, 0.5) is 0 Å². The second-order valence-corrected chi connectivity index (χ2v) is 5.97. The molecule has 1 amide bonds. The van der Waals surface area contributed by atoms with Crippen molar-refractivity contribution >= 4 is 17.2 Å². The second kappa shape index (κ2) is 5.57. The van der Waals surface area contributed by atoms with Crippen molar-refractivity contribution in [3.05, 3.63) is 40.3 Å². The van der Waals surface area contributed by atoms with Crippen LogP contribution in [0.2, 0.25) is 0 Å². The van der Waals surface area contributed by atoms with Crippen molar-refractivity contribution in [1.29, 1.82) is 0 Å². The normalized spacial score (nSPS) is 19.6. The first-order valence-corrected chi connectivity index (χ1v) is 7.52. The van der Waals surface area contributed by atoms with Gasteiger partial charge >= 0.3 is 0 Å². The van der Waals surface area contributed by atoms with Crippen LogP contribution in [-0.2, 0) is 6.42 Å². The van der Waals surface area contributed by atoms with Crippen LogP contribution in [0.3, 0.4) is 0 Å². The third kappa shape index (κ3) is 2.87. The average molecular weight is 275 g/mol. The summed E-state index contributed by atoms with van der Waals surface area (Å²) >= 11 is 1.52. The smallest absolute Gasteiger partial charge is 0.263 e. The zero-order chi connectivity index (χ0) is 13.1. The Bertz CT molecular complexity index is 521. The highest BCUT2D eigenvalue weighted by Crippen LogP contribution is 2.22. The molecule has 1 aliphatic rings. The summed E-state index contributed by atoms with van der Waals surface area (Å²) in [7, 11) is 0. The fraction of sp³-hybridized carbons (Fsp3) is 0.429. The number of carbonyl (C=O) groups excluding carboxylic acids is 1. The molecule has 4 nitrogen and oxygen atoms in total. The molecule has 1 N–H and O–H groups in total. The predicted octanol–water partition coefficient (Wildman–Crippen LogP) is 2.57. The third-order valence-corrected chi connectivity index (χ3v) is 4.46. The number of aromatic nitrogens is 2. The predicted molar refractivity (Wildman–Crippen MR) is 75.2 cm³/mol. The molecule has 2 aromatic rings. The largest absolute Gasteiger partial charge is 0.338 e. The molecular formula is C14H17N3OS. The number of thiophene rings is 1. The lowest BCUT2D eigenvalue weighted by Crippen LogP contribution is -2.40. The summed E-state index contributed by atoms with van der Waals surface area (Å²) in [6.07, 6.45) is 5.05. The van der Waals surface area contributed by atoms with Crippen molar-refractivity contribution in [3.63, 3.8) is 0 Å². The van der Waals surface area contributed by atoms with Gasteiger partial charge in [-0.05, 0) is 42.7 Å². The number of nitrogens with one attached hydrogen (secondary N) is 1. The molecule has 1 unspecified atom stereocenters. The van der Waals surface area contributed by atoms with Crippen molar-refractivity contribution in [1.82, 2.24) is 15.1 Å². The molecule has 2 aromatic heterocycles. The number of hydrogen-bond acceptors (Lipinski definition) is 3. The maximum Gasteiger partial charge on any atom is 0.263 e. The van der Waals surface area contributed by atoms with Crippen LogP contribution in [0.5, 0.6) is 0 Å². The number of aromatic amines is 1. The zero-order valence-corrected chi connectivity index (χ0v) is 11.5. The van der Waals surface area contributed by atoms with E-state index in [-0.39, 0.29) is 5.91 Å². The van der Waals surface area contributed by atoms with Crippen LogP contribution in [-0.4, -0.2) is 34.1 Å². The maximum atomic E-state index is 12.3. The quantitative estimate of drug-likeness (QED) is 0.936. The molecular weight excluding hydrogens is 258 g/mol. The summed E-state index contributed by atoms with van der Waals surface area (Å²) in [5.74, 6) is 0.724. The molecule has 0 radical (unpaired) electrons. The second-order valence-electron chi connectivity index (χ2n) is 5.02. The molecule has 1 saturated heterocycles. The Hall–Kier alpha value is -1.62. The van der Waals surface area contributed by atoms with Crippen molar-refractivity contribution in [2.45, 2.75) is 19.3 Å². The summed E-state index contributed by atoms with van der Waals surface area (Å²) in [6.45, 7) is 1.74. The summed E-state index contributed by atoms with van der Waals surface area (Å²) in [5.41, 5.74) is 1.16. The highest BCUT2D eigenvalue weighted by Gasteiger charge is 2.25. The van der Waals surface area contributed by atoms with Gasteiger partial charge in [0.25, 0.3) is 5.91 Å². The lowest BCUT2D eigenvalue weighted by molar-refractivity contribution is 0.0677. The van der Waals surface area contributed by atoms with Gasteiger partial charge < -0.3 is 4.90 Å². The van der Waals surface area contributed by atoms with Gasteiger partial charge in [-0.25, -0.2) is 0 Å². The Balaban J connectivity index is 1.63. The first-order chi connectivity index (χ1) is 9.33. The highest BCUT2D eigenvalue weighted by atomic mass is 32.1. The topological polar surface area (TPSA) is 49.0 Å². The number of piperidine rings is 1. The van der Waals surface area contributed by atoms with E-state index in [0.29, 0.717) is 5.92 Å². The van der Waals surface area contributed by atoms with Gasteiger partial charge in [-0.3, -0.25) is 9.89 Å². The van der Waals surface area contributed by atoms with Gasteiger partial charge in [0.1, 0.15) is 0 Å². The first kappa shape index (κ1) is 12.4. The third-order valence-electron chi connectivity index (χ3n) is 3.61. The number of carbonyl (C=O) groups is 1.